The first-order chi connectivity index (χ1) is 9.75. The van der Waals surface area contributed by atoms with E-state index in [0.717, 1.165) is 41.8 Å². The molecule has 1 saturated heterocycles. The van der Waals surface area contributed by atoms with E-state index >= 15 is 0 Å². The first-order valence-electron chi connectivity index (χ1n) is 6.98. The smallest absolute Gasteiger partial charge is 0.141 e. The number of carbonyl (C=O) groups is 1. The van der Waals surface area contributed by atoms with E-state index in [0.29, 0.717) is 6.42 Å². The van der Waals surface area contributed by atoms with Crippen molar-refractivity contribution in [3.8, 4) is 0 Å². The second-order valence-corrected chi connectivity index (χ2v) is 6.49. The Balaban J connectivity index is 1.89. The Morgan fingerprint density at radius 3 is 3.10 bits per heavy atom. The number of thiophene rings is 1. The van der Waals surface area contributed by atoms with Crippen LogP contribution >= 0.6 is 11.3 Å². The van der Waals surface area contributed by atoms with E-state index in [1.807, 2.05) is 4.90 Å². The number of carboxylic acids is 1. The van der Waals surface area contributed by atoms with Crippen LogP contribution in [0, 0.1) is 0 Å². The molecule has 3 heterocycles. The minimum atomic E-state index is -0.999. The van der Waals surface area contributed by atoms with Gasteiger partial charge in [0.15, 0.2) is 0 Å². The molecule has 2 aromatic rings. The van der Waals surface area contributed by atoms with Crippen molar-refractivity contribution in [2.75, 3.05) is 11.4 Å². The number of carbonyl (C=O) groups excluding carboxylic acids is 1. The van der Waals surface area contributed by atoms with E-state index in [1.165, 1.54) is 16.9 Å². The predicted octanol–water partition coefficient (Wildman–Crippen LogP) is 0.899. The maximum atomic E-state index is 11.3. The summed E-state index contributed by atoms with van der Waals surface area (Å²) in [5.74, 6) is -0.206. The molecule has 20 heavy (non-hydrogen) atoms. The van der Waals surface area contributed by atoms with E-state index in [-0.39, 0.29) is 0 Å². The normalized spacial score (nSPS) is 21.6. The zero-order valence-corrected chi connectivity index (χ0v) is 11.8. The number of aliphatic carboxylic acids is 1. The van der Waals surface area contributed by atoms with E-state index in [9.17, 15) is 9.90 Å². The molecule has 0 spiro atoms. The summed E-state index contributed by atoms with van der Waals surface area (Å²) >= 11 is 1.73. The maximum absolute atomic E-state index is 11.3. The molecule has 1 aliphatic carbocycles. The van der Waals surface area contributed by atoms with Crippen molar-refractivity contribution in [3.05, 3.63) is 16.8 Å². The van der Waals surface area contributed by atoms with E-state index in [4.69, 9.17) is 0 Å². The van der Waals surface area contributed by atoms with Gasteiger partial charge >= 0.3 is 0 Å². The highest BCUT2D eigenvalue weighted by molar-refractivity contribution is 7.19. The molecule has 2 aliphatic rings. The van der Waals surface area contributed by atoms with Crippen LogP contribution in [-0.2, 0) is 17.6 Å². The van der Waals surface area contributed by atoms with Gasteiger partial charge in [-0.25, -0.2) is 9.97 Å². The summed E-state index contributed by atoms with van der Waals surface area (Å²) in [5, 5.41) is 12.4. The lowest BCUT2D eigenvalue weighted by atomic mass is 10.1. The molecule has 0 N–H and O–H groups in total. The van der Waals surface area contributed by atoms with Gasteiger partial charge in [-0.3, -0.25) is 0 Å². The zero-order chi connectivity index (χ0) is 13.7. The van der Waals surface area contributed by atoms with Gasteiger partial charge in [0.25, 0.3) is 0 Å². The third kappa shape index (κ3) is 1.64. The van der Waals surface area contributed by atoms with Gasteiger partial charge in [-0.05, 0) is 37.7 Å². The molecule has 0 unspecified atom stereocenters. The highest BCUT2D eigenvalue weighted by Crippen LogP contribution is 2.41. The van der Waals surface area contributed by atoms with E-state index < -0.39 is 12.0 Å². The second-order valence-electron chi connectivity index (χ2n) is 5.41. The SMILES string of the molecule is O=C([O-])[C@@H]1CCCN1c1ncnc2sc3c(c12)CCC3. The van der Waals surface area contributed by atoms with Crippen molar-refractivity contribution in [3.63, 3.8) is 0 Å². The number of hydrogen-bond donors (Lipinski definition) is 0. The number of aryl methyl sites for hydroxylation is 2. The highest BCUT2D eigenvalue weighted by Gasteiger charge is 2.30. The van der Waals surface area contributed by atoms with Crippen LogP contribution in [0.2, 0.25) is 0 Å². The van der Waals surface area contributed by atoms with E-state index in [2.05, 4.69) is 9.97 Å². The fourth-order valence-electron chi connectivity index (χ4n) is 3.39. The molecule has 0 radical (unpaired) electrons. The molecule has 0 aromatic carbocycles. The minimum absolute atomic E-state index is 0.551. The average molecular weight is 288 g/mol. The number of fused-ring (bicyclic) bond motifs is 3. The zero-order valence-electron chi connectivity index (χ0n) is 11.0. The van der Waals surface area contributed by atoms with E-state index in [1.54, 1.807) is 17.7 Å². The Morgan fingerprint density at radius 2 is 2.25 bits per heavy atom. The molecule has 4 rings (SSSR count). The molecule has 0 amide bonds. The van der Waals surface area contributed by atoms with Crippen molar-refractivity contribution in [1.82, 2.24) is 9.97 Å². The molecule has 0 bridgehead atoms. The quantitative estimate of drug-likeness (QED) is 0.821. The molecule has 104 valence electrons. The van der Waals surface area contributed by atoms with Crippen LogP contribution < -0.4 is 10.0 Å². The summed E-state index contributed by atoms with van der Waals surface area (Å²) in [5.41, 5.74) is 1.34. The highest BCUT2D eigenvalue weighted by atomic mass is 32.1. The summed E-state index contributed by atoms with van der Waals surface area (Å²) < 4.78 is 0. The topological polar surface area (TPSA) is 69.2 Å². The van der Waals surface area contributed by atoms with Gasteiger partial charge in [-0.1, -0.05) is 0 Å². The van der Waals surface area contributed by atoms with Crippen molar-refractivity contribution in [2.24, 2.45) is 0 Å². The summed E-state index contributed by atoms with van der Waals surface area (Å²) in [6, 6.07) is -0.551. The minimum Gasteiger partial charge on any atom is -0.548 e. The van der Waals surface area contributed by atoms with Crippen LogP contribution in [0.5, 0.6) is 0 Å². The molecule has 5 nitrogen and oxygen atoms in total. The Bertz CT molecular complexity index is 697. The van der Waals surface area contributed by atoms with Crippen LogP contribution in [0.15, 0.2) is 6.33 Å². The van der Waals surface area contributed by atoms with Gasteiger partial charge in [-0.2, -0.15) is 0 Å². The molecule has 1 fully saturated rings. The Morgan fingerprint density at radius 1 is 1.35 bits per heavy atom. The van der Waals surface area contributed by atoms with Crippen LogP contribution in [0.1, 0.15) is 29.7 Å². The summed E-state index contributed by atoms with van der Waals surface area (Å²) in [6.45, 7) is 0.732. The first kappa shape index (κ1) is 12.1. The third-order valence-corrected chi connectivity index (χ3v) is 5.48. The predicted molar refractivity (Wildman–Crippen MR) is 74.8 cm³/mol. The molecule has 6 heteroatoms. The Labute approximate surface area is 120 Å². The van der Waals surface area contributed by atoms with Crippen molar-refractivity contribution < 1.29 is 9.90 Å². The first-order valence-corrected chi connectivity index (χ1v) is 7.80. The monoisotopic (exact) mass is 288 g/mol. The number of nitrogens with zero attached hydrogens (tertiary/aromatic N) is 3. The molecule has 2 aromatic heterocycles. The van der Waals surface area contributed by atoms with Gasteiger partial charge in [-0.15, -0.1) is 11.3 Å². The number of aromatic nitrogens is 2. The van der Waals surface area contributed by atoms with Gasteiger partial charge in [0, 0.05) is 11.4 Å². The van der Waals surface area contributed by atoms with Crippen LogP contribution in [-0.4, -0.2) is 28.5 Å². The Hall–Kier alpha value is -1.69. The number of rotatable bonds is 2. The number of hydrogen-bond acceptors (Lipinski definition) is 6. The molecular formula is C14H14N3O2S-. The maximum Gasteiger partial charge on any atom is 0.141 e. The van der Waals surface area contributed by atoms with Gasteiger partial charge in [0.2, 0.25) is 0 Å². The summed E-state index contributed by atoms with van der Waals surface area (Å²) in [4.78, 5) is 24.3. The summed E-state index contributed by atoms with van der Waals surface area (Å²) in [6.07, 6.45) is 6.40. The van der Waals surface area contributed by atoms with Crippen molar-refractivity contribution >= 4 is 33.3 Å². The van der Waals surface area contributed by atoms with Crippen molar-refractivity contribution in [2.45, 2.75) is 38.1 Å². The molecule has 1 atom stereocenters. The van der Waals surface area contributed by atoms with Gasteiger partial charge in [0.1, 0.15) is 17.0 Å². The third-order valence-electron chi connectivity index (χ3n) is 4.28. The fourth-order valence-corrected chi connectivity index (χ4v) is 4.62. The van der Waals surface area contributed by atoms with Gasteiger partial charge in [0.05, 0.1) is 17.4 Å². The lowest BCUT2D eigenvalue weighted by Gasteiger charge is -2.27. The van der Waals surface area contributed by atoms with Crippen molar-refractivity contribution in [1.29, 1.82) is 0 Å². The molecule has 0 saturated carbocycles. The fraction of sp³-hybridized carbons (Fsp3) is 0.500. The standard InChI is InChI=1S/C14H15N3O2S/c18-14(19)9-4-2-6-17(9)12-11-8-3-1-5-10(8)20-13(11)16-7-15-12/h7,9H,1-6H2,(H,18,19)/p-1/t9-/m0/s1. The van der Waals surface area contributed by atoms with Gasteiger partial charge < -0.3 is 14.8 Å². The average Bonchev–Trinajstić information content (AvgIpc) is 3.12. The largest absolute Gasteiger partial charge is 0.548 e. The number of anilines is 1. The Kier molecular flexibility index (Phi) is 2.66. The molecular weight excluding hydrogens is 274 g/mol. The van der Waals surface area contributed by atoms with Crippen LogP contribution in [0.3, 0.4) is 0 Å². The number of carboxylic acid groups (broad SMARTS) is 1. The summed E-state index contributed by atoms with van der Waals surface area (Å²) in [7, 11) is 0. The lowest BCUT2D eigenvalue weighted by Crippen LogP contribution is -2.44. The van der Waals surface area contributed by atoms with Crippen LogP contribution in [0.25, 0.3) is 10.2 Å². The molecule has 1 aliphatic heterocycles. The van der Waals surface area contributed by atoms with Crippen LogP contribution in [0.4, 0.5) is 5.82 Å². The lowest BCUT2D eigenvalue weighted by molar-refractivity contribution is -0.307. The second kappa shape index (κ2) is 4.41.